The summed E-state index contributed by atoms with van der Waals surface area (Å²) in [6.07, 6.45) is 5.08. The number of halogens is 1. The minimum Gasteiger partial charge on any atom is -0.206 e. The van der Waals surface area contributed by atoms with Gasteiger partial charge >= 0.3 is 0 Å². The van der Waals surface area contributed by atoms with Crippen LogP contribution in [0.2, 0.25) is 5.28 Å². The maximum absolute atomic E-state index is 6.01. The highest BCUT2D eigenvalue weighted by Crippen LogP contribution is 2.13. The third-order valence-corrected chi connectivity index (χ3v) is 3.21. The molecule has 108 valence electrons. The summed E-state index contributed by atoms with van der Waals surface area (Å²) >= 11 is 6.01. The van der Waals surface area contributed by atoms with E-state index in [-0.39, 0.29) is 5.28 Å². The smallest absolute Gasteiger partial charge is 0.206 e. The molecule has 0 atom stereocenters. The fourth-order valence-corrected chi connectivity index (χ4v) is 2.14. The molecule has 0 bridgehead atoms. The van der Waals surface area contributed by atoms with Gasteiger partial charge in [-0.15, -0.1) is 0 Å². The fraction of sp³-hybridized carbons (Fsp3) is 0.308. The molecule has 0 unspecified atom stereocenters. The van der Waals surface area contributed by atoms with Gasteiger partial charge in [-0.2, -0.15) is 25.1 Å². The lowest BCUT2D eigenvalue weighted by Gasteiger charge is -2.06. The Bertz CT molecular complexity index is 748. The van der Waals surface area contributed by atoms with Crippen LogP contribution in [-0.4, -0.2) is 34.5 Å². The van der Waals surface area contributed by atoms with Gasteiger partial charge in [-0.25, -0.2) is 9.36 Å². The van der Waals surface area contributed by atoms with Crippen LogP contribution in [-0.2, 0) is 12.8 Å². The van der Waals surface area contributed by atoms with Crippen molar-refractivity contribution in [1.82, 2.24) is 34.5 Å². The first-order chi connectivity index (χ1) is 10.2. The van der Waals surface area contributed by atoms with Crippen molar-refractivity contribution in [3.63, 3.8) is 0 Å². The molecule has 0 amide bonds. The molecule has 0 saturated carbocycles. The zero-order valence-corrected chi connectivity index (χ0v) is 12.5. The van der Waals surface area contributed by atoms with E-state index >= 15 is 0 Å². The van der Waals surface area contributed by atoms with Gasteiger partial charge < -0.3 is 0 Å². The molecule has 3 heterocycles. The molecule has 0 radical (unpaired) electrons. The lowest BCUT2D eigenvalue weighted by atomic mass is 10.3. The Morgan fingerprint density at radius 1 is 1.10 bits per heavy atom. The van der Waals surface area contributed by atoms with Gasteiger partial charge in [-0.05, 0) is 36.6 Å². The molecule has 7 nitrogen and oxygen atoms in total. The molecule has 0 N–H and O–H groups in total. The van der Waals surface area contributed by atoms with Crippen LogP contribution in [0, 0.1) is 0 Å². The number of hydrogen-bond donors (Lipinski definition) is 0. The Hall–Kier alpha value is -2.28. The largest absolute Gasteiger partial charge is 0.256 e. The van der Waals surface area contributed by atoms with E-state index in [9.17, 15) is 0 Å². The number of aryl methyl sites for hydroxylation is 2. The molecular formula is C13H14ClN7. The highest BCUT2D eigenvalue weighted by Gasteiger charge is 2.13. The fourth-order valence-electron chi connectivity index (χ4n) is 1.99. The normalized spacial score (nSPS) is 11.0. The average molecular weight is 304 g/mol. The Labute approximate surface area is 126 Å². The molecule has 0 aliphatic rings. The molecule has 0 aliphatic heterocycles. The van der Waals surface area contributed by atoms with E-state index in [2.05, 4.69) is 39.0 Å². The van der Waals surface area contributed by atoms with Crippen LogP contribution >= 0.6 is 11.6 Å². The minimum absolute atomic E-state index is 0.112. The van der Waals surface area contributed by atoms with Gasteiger partial charge in [0.2, 0.25) is 5.28 Å². The maximum atomic E-state index is 6.01. The molecule has 3 aromatic heterocycles. The topological polar surface area (TPSA) is 74.3 Å². The van der Waals surface area contributed by atoms with Crippen LogP contribution in [0.25, 0.3) is 11.9 Å². The van der Waals surface area contributed by atoms with Gasteiger partial charge in [0.15, 0.2) is 0 Å². The first-order valence-electron chi connectivity index (χ1n) is 6.71. The van der Waals surface area contributed by atoms with E-state index in [0.29, 0.717) is 11.9 Å². The molecule has 3 aromatic rings. The van der Waals surface area contributed by atoms with E-state index in [1.54, 1.807) is 23.1 Å². The van der Waals surface area contributed by atoms with Crippen molar-refractivity contribution < 1.29 is 0 Å². The van der Waals surface area contributed by atoms with Crippen molar-refractivity contribution in [3.05, 3.63) is 41.2 Å². The summed E-state index contributed by atoms with van der Waals surface area (Å²) in [7, 11) is 0. The lowest BCUT2D eigenvalue weighted by molar-refractivity contribution is 0.714. The highest BCUT2D eigenvalue weighted by molar-refractivity contribution is 6.28. The number of hydrogen-bond acceptors (Lipinski definition) is 5. The maximum Gasteiger partial charge on any atom is 0.256 e. The Balaban J connectivity index is 2.12. The van der Waals surface area contributed by atoms with Crippen molar-refractivity contribution in [3.8, 4) is 11.9 Å². The standard InChI is InChI=1S/C13H14ClN7/c1-3-9-8-10(4-2)21(19-9)13-17-11(14)16-12(18-13)20-7-5-6-15-20/h5-8H,3-4H2,1-2H3. The first kappa shape index (κ1) is 13.7. The van der Waals surface area contributed by atoms with E-state index in [1.165, 1.54) is 4.68 Å². The monoisotopic (exact) mass is 303 g/mol. The molecule has 0 fully saturated rings. The molecule has 0 aliphatic carbocycles. The van der Waals surface area contributed by atoms with Crippen LogP contribution < -0.4 is 0 Å². The number of nitrogens with zero attached hydrogens (tertiary/aromatic N) is 7. The minimum atomic E-state index is 0.112. The molecular weight excluding hydrogens is 290 g/mol. The summed E-state index contributed by atoms with van der Waals surface area (Å²) < 4.78 is 3.24. The van der Waals surface area contributed by atoms with Gasteiger partial charge in [0.05, 0.1) is 5.69 Å². The zero-order chi connectivity index (χ0) is 14.8. The second-order valence-electron chi connectivity index (χ2n) is 4.40. The quantitative estimate of drug-likeness (QED) is 0.737. The Morgan fingerprint density at radius 3 is 2.57 bits per heavy atom. The van der Waals surface area contributed by atoms with E-state index in [0.717, 1.165) is 24.2 Å². The van der Waals surface area contributed by atoms with Crippen molar-refractivity contribution >= 4 is 11.6 Å². The molecule has 3 rings (SSSR count). The third kappa shape index (κ3) is 2.64. The summed E-state index contributed by atoms with van der Waals surface area (Å²) in [4.78, 5) is 12.7. The molecule has 21 heavy (non-hydrogen) atoms. The predicted molar refractivity (Wildman–Crippen MR) is 77.8 cm³/mol. The van der Waals surface area contributed by atoms with E-state index < -0.39 is 0 Å². The lowest BCUT2D eigenvalue weighted by Crippen LogP contribution is -2.12. The molecule has 8 heteroatoms. The molecule has 0 aromatic carbocycles. The van der Waals surface area contributed by atoms with Crippen molar-refractivity contribution in [2.45, 2.75) is 26.7 Å². The molecule has 0 spiro atoms. The summed E-state index contributed by atoms with van der Waals surface area (Å²) in [6.45, 7) is 4.12. The third-order valence-electron chi connectivity index (χ3n) is 3.04. The summed E-state index contributed by atoms with van der Waals surface area (Å²) in [6, 6.07) is 3.84. The van der Waals surface area contributed by atoms with Crippen LogP contribution in [0.5, 0.6) is 0 Å². The van der Waals surface area contributed by atoms with Crippen LogP contribution in [0.4, 0.5) is 0 Å². The summed E-state index contributed by atoms with van der Waals surface area (Å²) in [5.41, 5.74) is 2.02. The van der Waals surface area contributed by atoms with Crippen LogP contribution in [0.15, 0.2) is 24.5 Å². The first-order valence-corrected chi connectivity index (χ1v) is 7.08. The van der Waals surface area contributed by atoms with Gasteiger partial charge in [0.25, 0.3) is 11.9 Å². The number of rotatable bonds is 4. The van der Waals surface area contributed by atoms with Gasteiger partial charge in [-0.3, -0.25) is 0 Å². The van der Waals surface area contributed by atoms with E-state index in [1.807, 2.05) is 6.07 Å². The second-order valence-corrected chi connectivity index (χ2v) is 4.74. The highest BCUT2D eigenvalue weighted by atomic mass is 35.5. The Kier molecular flexibility index (Phi) is 3.66. The average Bonchev–Trinajstić information content (AvgIpc) is 3.15. The van der Waals surface area contributed by atoms with E-state index in [4.69, 9.17) is 11.6 Å². The van der Waals surface area contributed by atoms with Gasteiger partial charge in [-0.1, -0.05) is 13.8 Å². The predicted octanol–water partition coefficient (Wildman–Crippen LogP) is 2.02. The zero-order valence-electron chi connectivity index (χ0n) is 11.7. The second kappa shape index (κ2) is 5.61. The van der Waals surface area contributed by atoms with Crippen molar-refractivity contribution in [2.24, 2.45) is 0 Å². The summed E-state index contributed by atoms with van der Waals surface area (Å²) in [5, 5.41) is 8.72. The van der Waals surface area contributed by atoms with Crippen LogP contribution in [0.1, 0.15) is 25.2 Å². The van der Waals surface area contributed by atoms with Crippen LogP contribution in [0.3, 0.4) is 0 Å². The van der Waals surface area contributed by atoms with Crippen molar-refractivity contribution in [1.29, 1.82) is 0 Å². The number of aromatic nitrogens is 7. The van der Waals surface area contributed by atoms with Gasteiger partial charge in [0.1, 0.15) is 0 Å². The summed E-state index contributed by atoms with van der Waals surface area (Å²) in [5.74, 6) is 0.766. The Morgan fingerprint density at radius 2 is 1.90 bits per heavy atom. The van der Waals surface area contributed by atoms with Gasteiger partial charge in [0, 0.05) is 18.1 Å². The molecule has 0 saturated heterocycles. The SMILES string of the molecule is CCc1cc(CC)n(-c2nc(Cl)nc(-n3cccn3)n2)n1. The van der Waals surface area contributed by atoms with Crippen molar-refractivity contribution in [2.75, 3.05) is 0 Å².